The van der Waals surface area contributed by atoms with Gasteiger partial charge in [0.05, 0.1) is 0 Å². The number of aryl methyl sites for hydroxylation is 1. The van der Waals surface area contributed by atoms with Crippen molar-refractivity contribution < 1.29 is 19.1 Å². The Hall–Kier alpha value is -1.75. The Morgan fingerprint density at radius 1 is 1.09 bits per heavy atom. The second-order valence-corrected chi connectivity index (χ2v) is 6.42. The van der Waals surface area contributed by atoms with Gasteiger partial charge in [-0.3, -0.25) is 0 Å². The number of esters is 2. The standard InChI is InChI=1S/C17H20O4S/c1-17(2)20-15(18)14(16(19)21-17)13(22-3)11-7-10-12-8-5-4-6-9-12/h4-6,8-9H,7,10-11H2,1-3H3. The molecule has 0 saturated carbocycles. The van der Waals surface area contributed by atoms with Crippen molar-refractivity contribution in [2.45, 2.75) is 38.9 Å². The molecule has 0 aliphatic carbocycles. The zero-order valence-electron chi connectivity index (χ0n) is 13.0. The van der Waals surface area contributed by atoms with Crippen LogP contribution in [0.25, 0.3) is 0 Å². The Morgan fingerprint density at radius 3 is 2.23 bits per heavy atom. The number of hydrogen-bond acceptors (Lipinski definition) is 5. The van der Waals surface area contributed by atoms with Gasteiger partial charge in [0.2, 0.25) is 0 Å². The summed E-state index contributed by atoms with van der Waals surface area (Å²) in [5.41, 5.74) is 1.28. The third kappa shape index (κ3) is 4.13. The third-order valence-corrected chi connectivity index (χ3v) is 4.22. The summed E-state index contributed by atoms with van der Waals surface area (Å²) >= 11 is 1.40. The lowest BCUT2D eigenvalue weighted by atomic mass is 10.1. The van der Waals surface area contributed by atoms with E-state index in [0.29, 0.717) is 6.42 Å². The van der Waals surface area contributed by atoms with Gasteiger partial charge in [0.1, 0.15) is 0 Å². The van der Waals surface area contributed by atoms with Crippen molar-refractivity contribution in [3.05, 3.63) is 46.4 Å². The van der Waals surface area contributed by atoms with Gasteiger partial charge in [-0.2, -0.15) is 0 Å². The molecule has 0 atom stereocenters. The molecule has 1 aliphatic heterocycles. The van der Waals surface area contributed by atoms with Crippen molar-refractivity contribution >= 4 is 23.7 Å². The fourth-order valence-electron chi connectivity index (χ4n) is 2.31. The fourth-order valence-corrected chi connectivity index (χ4v) is 3.03. The van der Waals surface area contributed by atoms with E-state index < -0.39 is 17.7 Å². The zero-order chi connectivity index (χ0) is 16.2. The Labute approximate surface area is 134 Å². The molecule has 0 bridgehead atoms. The number of cyclic esters (lactones) is 2. The molecule has 0 amide bonds. The number of benzene rings is 1. The summed E-state index contributed by atoms with van der Waals surface area (Å²) in [5, 5.41) is 0. The van der Waals surface area contributed by atoms with Gasteiger partial charge in [0, 0.05) is 18.8 Å². The minimum Gasteiger partial charge on any atom is -0.419 e. The minimum absolute atomic E-state index is 0.0416. The maximum absolute atomic E-state index is 12.1. The molecule has 118 valence electrons. The minimum atomic E-state index is -1.19. The fraction of sp³-hybridized carbons (Fsp3) is 0.412. The highest BCUT2D eigenvalue weighted by Gasteiger charge is 2.40. The number of ether oxygens (including phenoxy) is 2. The molecule has 4 nitrogen and oxygen atoms in total. The van der Waals surface area contributed by atoms with Gasteiger partial charge in [0.25, 0.3) is 5.79 Å². The van der Waals surface area contributed by atoms with Crippen LogP contribution in [0.4, 0.5) is 0 Å². The Kier molecular flexibility index (Phi) is 5.29. The molecule has 0 N–H and O–H groups in total. The lowest BCUT2D eigenvalue weighted by Gasteiger charge is -2.30. The van der Waals surface area contributed by atoms with Gasteiger partial charge < -0.3 is 9.47 Å². The first-order valence-electron chi connectivity index (χ1n) is 7.20. The topological polar surface area (TPSA) is 52.6 Å². The average molecular weight is 320 g/mol. The summed E-state index contributed by atoms with van der Waals surface area (Å²) in [4.78, 5) is 24.8. The molecule has 0 aromatic heterocycles. The predicted octanol–water partition coefficient (Wildman–Crippen LogP) is 3.46. The van der Waals surface area contributed by atoms with Crippen molar-refractivity contribution in [2.75, 3.05) is 6.26 Å². The second kappa shape index (κ2) is 7.01. The zero-order valence-corrected chi connectivity index (χ0v) is 13.9. The van der Waals surface area contributed by atoms with Gasteiger partial charge in [-0.25, -0.2) is 9.59 Å². The summed E-state index contributed by atoms with van der Waals surface area (Å²) < 4.78 is 10.3. The van der Waals surface area contributed by atoms with Crippen LogP contribution in [-0.2, 0) is 25.5 Å². The predicted molar refractivity (Wildman–Crippen MR) is 86.2 cm³/mol. The highest BCUT2D eigenvalue weighted by atomic mass is 32.2. The molecule has 0 spiro atoms. The van der Waals surface area contributed by atoms with Crippen LogP contribution in [0, 0.1) is 0 Å². The summed E-state index contributed by atoms with van der Waals surface area (Å²) in [6, 6.07) is 10.1. The van der Waals surface area contributed by atoms with Crippen LogP contribution in [0.15, 0.2) is 40.8 Å². The maximum atomic E-state index is 12.1. The SMILES string of the molecule is CSC(CCCc1ccccc1)=C1C(=O)OC(C)(C)OC1=O. The number of allylic oxidation sites excluding steroid dienone is 1. The molecule has 1 aliphatic rings. The summed E-state index contributed by atoms with van der Waals surface area (Å²) in [6.45, 7) is 3.10. The number of rotatable bonds is 5. The van der Waals surface area contributed by atoms with Crippen LogP contribution in [0.3, 0.4) is 0 Å². The van der Waals surface area contributed by atoms with Gasteiger partial charge >= 0.3 is 11.9 Å². The van der Waals surface area contributed by atoms with Crippen molar-refractivity contribution in [2.24, 2.45) is 0 Å². The monoisotopic (exact) mass is 320 g/mol. The molecular formula is C17H20O4S. The van der Waals surface area contributed by atoms with Crippen LogP contribution < -0.4 is 0 Å². The van der Waals surface area contributed by atoms with E-state index in [4.69, 9.17) is 9.47 Å². The number of thioether (sulfide) groups is 1. The first kappa shape index (κ1) is 16.6. The van der Waals surface area contributed by atoms with E-state index in [-0.39, 0.29) is 5.57 Å². The molecule has 0 radical (unpaired) electrons. The van der Waals surface area contributed by atoms with Crippen LogP contribution in [0.1, 0.15) is 32.3 Å². The normalized spacial score (nSPS) is 17.0. The maximum Gasteiger partial charge on any atom is 0.349 e. The first-order valence-corrected chi connectivity index (χ1v) is 8.43. The molecule has 1 aromatic rings. The molecule has 5 heteroatoms. The number of hydrogen-bond donors (Lipinski definition) is 0. The highest BCUT2D eigenvalue weighted by Crippen LogP contribution is 2.30. The smallest absolute Gasteiger partial charge is 0.349 e. The third-order valence-electron chi connectivity index (χ3n) is 3.32. The summed E-state index contributed by atoms with van der Waals surface area (Å²) in [7, 11) is 0. The van der Waals surface area contributed by atoms with Crippen molar-refractivity contribution in [3.63, 3.8) is 0 Å². The molecule has 0 unspecified atom stereocenters. The van der Waals surface area contributed by atoms with Crippen molar-refractivity contribution in [1.29, 1.82) is 0 Å². The largest absolute Gasteiger partial charge is 0.419 e. The lowest BCUT2D eigenvalue weighted by molar-refractivity contribution is -0.222. The van der Waals surface area contributed by atoms with Crippen molar-refractivity contribution in [1.82, 2.24) is 0 Å². The van der Waals surface area contributed by atoms with Crippen LogP contribution in [-0.4, -0.2) is 24.0 Å². The van der Waals surface area contributed by atoms with E-state index in [9.17, 15) is 9.59 Å². The molecule has 1 heterocycles. The van der Waals surface area contributed by atoms with Crippen LogP contribution in [0.2, 0.25) is 0 Å². The van der Waals surface area contributed by atoms with Gasteiger partial charge in [-0.15, -0.1) is 11.8 Å². The summed E-state index contributed by atoms with van der Waals surface area (Å²) in [5.74, 6) is -2.37. The molecule has 22 heavy (non-hydrogen) atoms. The van der Waals surface area contributed by atoms with E-state index >= 15 is 0 Å². The van der Waals surface area contributed by atoms with Gasteiger partial charge in [-0.05, 0) is 31.1 Å². The Morgan fingerprint density at radius 2 is 1.68 bits per heavy atom. The van der Waals surface area contributed by atoms with E-state index in [0.717, 1.165) is 17.7 Å². The second-order valence-electron chi connectivity index (χ2n) is 5.52. The van der Waals surface area contributed by atoms with E-state index in [1.54, 1.807) is 13.8 Å². The van der Waals surface area contributed by atoms with E-state index in [1.807, 2.05) is 24.5 Å². The van der Waals surface area contributed by atoms with Crippen LogP contribution >= 0.6 is 11.8 Å². The molecule has 2 rings (SSSR count). The van der Waals surface area contributed by atoms with Crippen LogP contribution in [0.5, 0.6) is 0 Å². The summed E-state index contributed by atoms with van der Waals surface area (Å²) in [6.07, 6.45) is 4.25. The quantitative estimate of drug-likeness (QED) is 0.472. The Balaban J connectivity index is 2.06. The van der Waals surface area contributed by atoms with Gasteiger partial charge in [-0.1, -0.05) is 30.3 Å². The lowest BCUT2D eigenvalue weighted by Crippen LogP contribution is -2.42. The molecule has 1 saturated heterocycles. The molecule has 1 aromatic carbocycles. The molecule has 1 fully saturated rings. The first-order chi connectivity index (χ1) is 10.4. The van der Waals surface area contributed by atoms with E-state index in [1.165, 1.54) is 17.3 Å². The van der Waals surface area contributed by atoms with E-state index in [2.05, 4.69) is 12.1 Å². The Bertz CT molecular complexity index is 568. The average Bonchev–Trinajstić information content (AvgIpc) is 2.44. The number of carbonyl (C=O) groups excluding carboxylic acids is 2. The molecular weight excluding hydrogens is 300 g/mol. The van der Waals surface area contributed by atoms with Crippen molar-refractivity contribution in [3.8, 4) is 0 Å². The number of carbonyl (C=O) groups is 2. The van der Waals surface area contributed by atoms with Gasteiger partial charge in [0.15, 0.2) is 5.57 Å². The highest BCUT2D eigenvalue weighted by molar-refractivity contribution is 8.02.